The molecular weight excluding hydrogens is 336 g/mol. The van der Waals surface area contributed by atoms with Crippen molar-refractivity contribution in [1.82, 2.24) is 5.43 Å². The molecule has 0 unspecified atom stereocenters. The fourth-order valence-corrected chi connectivity index (χ4v) is 3.54. The average molecular weight is 362 g/mol. The number of aryl methyl sites for hydroxylation is 1. The van der Waals surface area contributed by atoms with Crippen LogP contribution in [-0.2, 0) is 12.0 Å². The van der Waals surface area contributed by atoms with Crippen LogP contribution in [-0.4, -0.2) is 14.2 Å². The largest absolute Gasteiger partial charge is 0.497 e. The zero-order valence-electron chi connectivity index (χ0n) is 15.8. The Hall–Kier alpha value is -2.82. The highest BCUT2D eigenvalue weighted by Crippen LogP contribution is 2.35. The molecule has 0 heterocycles. The van der Waals surface area contributed by atoms with Gasteiger partial charge in [-0.25, -0.2) is 5.43 Å². The van der Waals surface area contributed by atoms with E-state index in [0.29, 0.717) is 0 Å². The Morgan fingerprint density at radius 3 is 1.89 bits per heavy atom. The van der Waals surface area contributed by atoms with E-state index in [1.807, 2.05) is 54.6 Å². The van der Waals surface area contributed by atoms with Crippen molar-refractivity contribution in [3.63, 3.8) is 0 Å². The molecule has 0 bridgehead atoms. The molecule has 0 radical (unpaired) electrons. The zero-order valence-corrected chi connectivity index (χ0v) is 15.8. The Morgan fingerprint density at radius 2 is 1.41 bits per heavy atom. The van der Waals surface area contributed by atoms with Gasteiger partial charge in [-0.1, -0.05) is 60.7 Å². The molecule has 0 saturated heterocycles. The number of ether oxygens (including phenoxy) is 2. The van der Waals surface area contributed by atoms with Crippen LogP contribution in [0, 0.1) is 0 Å². The topological polar surface area (TPSA) is 56.5 Å². The molecule has 0 spiro atoms. The van der Waals surface area contributed by atoms with Crippen LogP contribution in [0.5, 0.6) is 11.5 Å². The smallest absolute Gasteiger partial charge is 0.122 e. The highest BCUT2D eigenvalue weighted by Gasteiger charge is 2.33. The molecular formula is C23H26N2O2. The maximum absolute atomic E-state index is 6.16. The predicted octanol–water partition coefficient (Wildman–Crippen LogP) is 4.04. The summed E-state index contributed by atoms with van der Waals surface area (Å²) in [5.74, 6) is 7.82. The lowest BCUT2D eigenvalue weighted by Gasteiger charge is -2.35. The molecule has 4 nitrogen and oxygen atoms in total. The van der Waals surface area contributed by atoms with Gasteiger partial charge in [0.05, 0.1) is 19.8 Å². The minimum absolute atomic E-state index is 0.503. The minimum Gasteiger partial charge on any atom is -0.497 e. The summed E-state index contributed by atoms with van der Waals surface area (Å²) in [5, 5.41) is 0. The molecule has 0 aromatic heterocycles. The molecule has 0 aliphatic carbocycles. The number of methoxy groups -OCH3 is 2. The van der Waals surface area contributed by atoms with Gasteiger partial charge in [-0.15, -0.1) is 0 Å². The van der Waals surface area contributed by atoms with Crippen molar-refractivity contribution in [3.8, 4) is 11.5 Å². The molecule has 3 aromatic carbocycles. The summed E-state index contributed by atoms with van der Waals surface area (Å²) in [6, 6.07) is 26.5. The van der Waals surface area contributed by atoms with Crippen LogP contribution in [0.25, 0.3) is 0 Å². The van der Waals surface area contributed by atoms with E-state index in [1.54, 1.807) is 14.2 Å². The van der Waals surface area contributed by atoms with Gasteiger partial charge in [-0.05, 0) is 47.7 Å². The average Bonchev–Trinajstić information content (AvgIpc) is 2.76. The molecule has 0 aliphatic heterocycles. The first-order valence-electron chi connectivity index (χ1n) is 9.03. The third-order valence-electron chi connectivity index (χ3n) is 5.04. The third-order valence-corrected chi connectivity index (χ3v) is 5.04. The molecule has 4 heteroatoms. The molecule has 27 heavy (non-hydrogen) atoms. The lowest BCUT2D eigenvalue weighted by molar-refractivity contribution is 0.369. The van der Waals surface area contributed by atoms with Crippen molar-refractivity contribution in [2.24, 2.45) is 5.84 Å². The van der Waals surface area contributed by atoms with Gasteiger partial charge in [0.2, 0.25) is 0 Å². The summed E-state index contributed by atoms with van der Waals surface area (Å²) >= 11 is 0. The zero-order chi connectivity index (χ0) is 19.1. The predicted molar refractivity (Wildman–Crippen MR) is 109 cm³/mol. The van der Waals surface area contributed by atoms with E-state index in [2.05, 4.69) is 29.7 Å². The van der Waals surface area contributed by atoms with Crippen molar-refractivity contribution < 1.29 is 9.47 Å². The van der Waals surface area contributed by atoms with Crippen molar-refractivity contribution in [1.29, 1.82) is 0 Å². The first kappa shape index (κ1) is 19.0. The van der Waals surface area contributed by atoms with Crippen molar-refractivity contribution in [2.75, 3.05) is 14.2 Å². The molecule has 0 amide bonds. The van der Waals surface area contributed by atoms with Crippen LogP contribution in [0.3, 0.4) is 0 Å². The summed E-state index contributed by atoms with van der Waals surface area (Å²) in [7, 11) is 3.36. The summed E-state index contributed by atoms with van der Waals surface area (Å²) in [5.41, 5.74) is 5.95. The summed E-state index contributed by atoms with van der Waals surface area (Å²) in [4.78, 5) is 0. The first-order chi connectivity index (χ1) is 13.2. The van der Waals surface area contributed by atoms with E-state index in [4.69, 9.17) is 15.3 Å². The van der Waals surface area contributed by atoms with E-state index >= 15 is 0 Å². The second kappa shape index (κ2) is 8.71. The van der Waals surface area contributed by atoms with Gasteiger partial charge >= 0.3 is 0 Å². The number of rotatable bonds is 8. The Balaban J connectivity index is 2.01. The van der Waals surface area contributed by atoms with E-state index in [-0.39, 0.29) is 0 Å². The van der Waals surface area contributed by atoms with E-state index < -0.39 is 5.54 Å². The first-order valence-corrected chi connectivity index (χ1v) is 9.03. The number of hydrogen-bond donors (Lipinski definition) is 2. The monoisotopic (exact) mass is 362 g/mol. The normalized spacial score (nSPS) is 11.2. The number of hydrazine groups is 1. The molecule has 140 valence electrons. The standard InChI is InChI=1S/C23H26N2O2/c1-26-21-13-14-22(27-2)18(17-21)15-16-23(25-24,19-9-5-3-6-10-19)20-11-7-4-8-12-20/h3-14,17,25H,15-16,24H2,1-2H3. The number of nitrogens with one attached hydrogen (secondary N) is 1. The molecule has 0 fully saturated rings. The Bertz CT molecular complexity index is 811. The second-order valence-electron chi connectivity index (χ2n) is 6.46. The molecule has 0 aliphatic rings. The van der Waals surface area contributed by atoms with Crippen LogP contribution in [0.2, 0.25) is 0 Å². The number of nitrogens with two attached hydrogens (primary N) is 1. The Kier molecular flexibility index (Phi) is 6.12. The third kappa shape index (κ3) is 3.97. The van der Waals surface area contributed by atoms with Gasteiger partial charge in [0, 0.05) is 0 Å². The molecule has 3 aromatic rings. The lowest BCUT2D eigenvalue weighted by Crippen LogP contribution is -2.48. The molecule has 3 rings (SSSR count). The van der Waals surface area contributed by atoms with Crippen LogP contribution in [0.1, 0.15) is 23.1 Å². The van der Waals surface area contributed by atoms with Gasteiger partial charge in [-0.2, -0.15) is 0 Å². The number of benzene rings is 3. The van der Waals surface area contributed by atoms with Crippen molar-refractivity contribution >= 4 is 0 Å². The van der Waals surface area contributed by atoms with Crippen LogP contribution >= 0.6 is 0 Å². The summed E-state index contributed by atoms with van der Waals surface area (Å²) < 4.78 is 10.9. The molecule has 0 atom stereocenters. The highest BCUT2D eigenvalue weighted by atomic mass is 16.5. The maximum atomic E-state index is 6.16. The minimum atomic E-state index is -0.503. The van der Waals surface area contributed by atoms with E-state index in [1.165, 1.54) is 0 Å². The van der Waals surface area contributed by atoms with E-state index in [0.717, 1.165) is 41.0 Å². The summed E-state index contributed by atoms with van der Waals surface area (Å²) in [6.45, 7) is 0. The van der Waals surface area contributed by atoms with Crippen molar-refractivity contribution in [2.45, 2.75) is 18.4 Å². The van der Waals surface area contributed by atoms with E-state index in [9.17, 15) is 0 Å². The van der Waals surface area contributed by atoms with Gasteiger partial charge in [0.25, 0.3) is 0 Å². The van der Waals surface area contributed by atoms with Crippen molar-refractivity contribution in [3.05, 3.63) is 95.6 Å². The lowest BCUT2D eigenvalue weighted by atomic mass is 9.79. The quantitative estimate of drug-likeness (QED) is 0.469. The van der Waals surface area contributed by atoms with Gasteiger partial charge in [0.15, 0.2) is 0 Å². The fraction of sp³-hybridized carbons (Fsp3) is 0.217. The maximum Gasteiger partial charge on any atom is 0.122 e. The van der Waals surface area contributed by atoms with Crippen LogP contribution < -0.4 is 20.7 Å². The number of hydrogen-bond acceptors (Lipinski definition) is 4. The second-order valence-corrected chi connectivity index (χ2v) is 6.46. The highest BCUT2D eigenvalue weighted by molar-refractivity contribution is 5.42. The van der Waals surface area contributed by atoms with Gasteiger partial charge in [0.1, 0.15) is 11.5 Å². The van der Waals surface area contributed by atoms with Crippen LogP contribution in [0.15, 0.2) is 78.9 Å². The SMILES string of the molecule is COc1ccc(OC)c(CCC(NN)(c2ccccc2)c2ccccc2)c1. The van der Waals surface area contributed by atoms with Crippen LogP contribution in [0.4, 0.5) is 0 Å². The summed E-state index contributed by atoms with van der Waals surface area (Å²) in [6.07, 6.45) is 1.54. The van der Waals surface area contributed by atoms with Gasteiger partial charge < -0.3 is 9.47 Å². The Morgan fingerprint density at radius 1 is 0.815 bits per heavy atom. The van der Waals surface area contributed by atoms with Gasteiger partial charge in [-0.3, -0.25) is 5.84 Å². The Labute approximate surface area is 160 Å². The molecule has 3 N–H and O–H groups in total. The fourth-order valence-electron chi connectivity index (χ4n) is 3.54. The molecule has 0 saturated carbocycles.